The first-order chi connectivity index (χ1) is 12.6. The van der Waals surface area contributed by atoms with Crippen molar-refractivity contribution >= 4 is 5.91 Å². The molecule has 1 amide bonds. The Morgan fingerprint density at radius 3 is 2.54 bits per heavy atom. The van der Waals surface area contributed by atoms with Gasteiger partial charge < -0.3 is 14.4 Å². The van der Waals surface area contributed by atoms with E-state index in [1.165, 1.54) is 12.1 Å². The highest BCUT2D eigenvalue weighted by molar-refractivity contribution is 5.76. The number of benzene rings is 2. The fraction of sp³-hybridized carbons (Fsp3) is 0.381. The number of methoxy groups -OCH3 is 1. The van der Waals surface area contributed by atoms with E-state index in [-0.39, 0.29) is 17.8 Å². The lowest BCUT2D eigenvalue weighted by Crippen LogP contribution is -2.41. The van der Waals surface area contributed by atoms with Crippen LogP contribution in [0.4, 0.5) is 4.39 Å². The molecule has 0 saturated carbocycles. The first-order valence-corrected chi connectivity index (χ1v) is 8.97. The van der Waals surface area contributed by atoms with E-state index >= 15 is 0 Å². The molecule has 4 nitrogen and oxygen atoms in total. The number of carbonyl (C=O) groups is 1. The van der Waals surface area contributed by atoms with Crippen molar-refractivity contribution in [1.82, 2.24) is 4.90 Å². The van der Waals surface area contributed by atoms with Gasteiger partial charge in [-0.05, 0) is 48.4 Å². The Labute approximate surface area is 153 Å². The average molecular weight is 357 g/mol. The summed E-state index contributed by atoms with van der Waals surface area (Å²) in [5, 5.41) is 0. The Bertz CT molecular complexity index is 724. The Morgan fingerprint density at radius 2 is 1.85 bits per heavy atom. The number of aryl methyl sites for hydroxylation is 1. The molecule has 138 valence electrons. The summed E-state index contributed by atoms with van der Waals surface area (Å²) < 4.78 is 24.0. The molecule has 3 rings (SSSR count). The zero-order valence-corrected chi connectivity index (χ0v) is 15.0. The number of amides is 1. The van der Waals surface area contributed by atoms with Gasteiger partial charge in [0.05, 0.1) is 7.11 Å². The molecule has 2 aromatic carbocycles. The number of likely N-dealkylation sites (tertiary alicyclic amines) is 1. The van der Waals surface area contributed by atoms with Gasteiger partial charge in [0.2, 0.25) is 5.91 Å². The molecule has 0 aromatic heterocycles. The Hall–Kier alpha value is -2.56. The van der Waals surface area contributed by atoms with Gasteiger partial charge in [0, 0.05) is 32.4 Å². The molecule has 1 aliphatic rings. The fourth-order valence-corrected chi connectivity index (χ4v) is 3.17. The summed E-state index contributed by atoms with van der Waals surface area (Å²) in [6.07, 6.45) is 2.87. The van der Waals surface area contributed by atoms with Crippen LogP contribution >= 0.6 is 0 Å². The Morgan fingerprint density at radius 1 is 1.12 bits per heavy atom. The van der Waals surface area contributed by atoms with Gasteiger partial charge in [0.25, 0.3) is 0 Å². The summed E-state index contributed by atoms with van der Waals surface area (Å²) in [7, 11) is 1.64. The van der Waals surface area contributed by atoms with Gasteiger partial charge >= 0.3 is 0 Å². The molecule has 0 unspecified atom stereocenters. The molecule has 0 spiro atoms. The van der Waals surface area contributed by atoms with E-state index in [9.17, 15) is 9.18 Å². The van der Waals surface area contributed by atoms with Crippen LogP contribution in [0.2, 0.25) is 0 Å². The van der Waals surface area contributed by atoms with Crippen LogP contribution in [0.25, 0.3) is 0 Å². The van der Waals surface area contributed by atoms with Crippen molar-refractivity contribution in [2.45, 2.75) is 31.8 Å². The van der Waals surface area contributed by atoms with Gasteiger partial charge in [0.15, 0.2) is 0 Å². The molecule has 2 aromatic rings. The number of hydrogen-bond acceptors (Lipinski definition) is 3. The van der Waals surface area contributed by atoms with Crippen LogP contribution < -0.4 is 9.47 Å². The highest BCUT2D eigenvalue weighted by Crippen LogP contribution is 2.20. The molecular weight excluding hydrogens is 333 g/mol. The minimum atomic E-state index is -0.270. The van der Waals surface area contributed by atoms with Crippen LogP contribution in [0.5, 0.6) is 11.5 Å². The Balaban J connectivity index is 1.43. The molecule has 0 aliphatic carbocycles. The number of piperidine rings is 1. The summed E-state index contributed by atoms with van der Waals surface area (Å²) in [6, 6.07) is 13.9. The number of ether oxygens (including phenoxy) is 2. The molecule has 0 radical (unpaired) electrons. The van der Waals surface area contributed by atoms with Crippen molar-refractivity contribution in [3.8, 4) is 11.5 Å². The quantitative estimate of drug-likeness (QED) is 0.789. The molecule has 0 bridgehead atoms. The third-order valence-electron chi connectivity index (χ3n) is 4.67. The van der Waals surface area contributed by atoms with Gasteiger partial charge in [-0.3, -0.25) is 4.79 Å². The maximum Gasteiger partial charge on any atom is 0.222 e. The van der Waals surface area contributed by atoms with Crippen LogP contribution in [0.1, 0.15) is 24.8 Å². The number of rotatable bonds is 6. The van der Waals surface area contributed by atoms with E-state index in [4.69, 9.17) is 9.47 Å². The second-order valence-electron chi connectivity index (χ2n) is 6.50. The van der Waals surface area contributed by atoms with E-state index < -0.39 is 0 Å². The van der Waals surface area contributed by atoms with Crippen molar-refractivity contribution in [3.63, 3.8) is 0 Å². The average Bonchev–Trinajstić information content (AvgIpc) is 2.68. The second kappa shape index (κ2) is 8.70. The van der Waals surface area contributed by atoms with Gasteiger partial charge in [-0.2, -0.15) is 0 Å². The largest absolute Gasteiger partial charge is 0.497 e. The van der Waals surface area contributed by atoms with E-state index in [1.807, 2.05) is 29.2 Å². The molecule has 0 atom stereocenters. The number of nitrogens with zero attached hydrogens (tertiary/aromatic N) is 1. The van der Waals surface area contributed by atoms with Crippen LogP contribution in [-0.4, -0.2) is 37.1 Å². The molecule has 1 fully saturated rings. The van der Waals surface area contributed by atoms with Crippen molar-refractivity contribution in [3.05, 3.63) is 59.9 Å². The van der Waals surface area contributed by atoms with Crippen LogP contribution in [0.15, 0.2) is 48.5 Å². The summed E-state index contributed by atoms with van der Waals surface area (Å²) in [6.45, 7) is 1.39. The number of carbonyl (C=O) groups excluding carboxylic acids is 1. The zero-order chi connectivity index (χ0) is 18.4. The van der Waals surface area contributed by atoms with E-state index in [0.717, 1.165) is 24.2 Å². The summed E-state index contributed by atoms with van der Waals surface area (Å²) in [5.74, 6) is 1.39. The number of halogens is 1. The van der Waals surface area contributed by atoms with Gasteiger partial charge in [-0.1, -0.05) is 12.1 Å². The predicted molar refractivity (Wildman–Crippen MR) is 97.9 cm³/mol. The van der Waals surface area contributed by atoms with E-state index in [1.54, 1.807) is 19.2 Å². The first kappa shape index (κ1) is 18.2. The highest BCUT2D eigenvalue weighted by Gasteiger charge is 2.23. The van der Waals surface area contributed by atoms with Gasteiger partial charge in [-0.25, -0.2) is 4.39 Å². The maximum atomic E-state index is 12.9. The maximum absolute atomic E-state index is 12.9. The Kier molecular flexibility index (Phi) is 6.10. The minimum absolute atomic E-state index is 0.0721. The topological polar surface area (TPSA) is 38.8 Å². The summed E-state index contributed by atoms with van der Waals surface area (Å²) in [5.41, 5.74) is 1.10. The van der Waals surface area contributed by atoms with E-state index in [2.05, 4.69) is 0 Å². The van der Waals surface area contributed by atoms with Crippen LogP contribution in [0, 0.1) is 5.82 Å². The SMILES string of the molecule is COc1cccc(CCC(=O)N2CCC(Oc3ccc(F)cc3)CC2)c1. The lowest BCUT2D eigenvalue weighted by molar-refractivity contribution is -0.132. The zero-order valence-electron chi connectivity index (χ0n) is 15.0. The lowest BCUT2D eigenvalue weighted by atomic mass is 10.1. The molecule has 1 aliphatic heterocycles. The summed E-state index contributed by atoms with van der Waals surface area (Å²) >= 11 is 0. The fourth-order valence-electron chi connectivity index (χ4n) is 3.17. The molecule has 1 heterocycles. The van der Waals surface area contributed by atoms with Crippen LogP contribution in [0.3, 0.4) is 0 Å². The normalized spacial score (nSPS) is 14.9. The smallest absolute Gasteiger partial charge is 0.222 e. The van der Waals surface area contributed by atoms with Crippen molar-refractivity contribution in [1.29, 1.82) is 0 Å². The van der Waals surface area contributed by atoms with Crippen molar-refractivity contribution in [2.75, 3.05) is 20.2 Å². The van der Waals surface area contributed by atoms with Crippen molar-refractivity contribution in [2.24, 2.45) is 0 Å². The molecule has 5 heteroatoms. The molecule has 0 N–H and O–H groups in total. The second-order valence-corrected chi connectivity index (χ2v) is 6.50. The third-order valence-corrected chi connectivity index (χ3v) is 4.67. The highest BCUT2D eigenvalue weighted by atomic mass is 19.1. The monoisotopic (exact) mass is 357 g/mol. The standard InChI is InChI=1S/C21H24FNO3/c1-25-20-4-2-3-16(15-20)5-10-21(24)23-13-11-19(12-14-23)26-18-8-6-17(22)7-9-18/h2-4,6-9,15,19H,5,10-14H2,1H3. The summed E-state index contributed by atoms with van der Waals surface area (Å²) in [4.78, 5) is 14.3. The predicted octanol–water partition coefficient (Wildman–Crippen LogP) is 3.84. The van der Waals surface area contributed by atoms with Crippen LogP contribution in [-0.2, 0) is 11.2 Å². The third kappa shape index (κ3) is 4.97. The minimum Gasteiger partial charge on any atom is -0.497 e. The van der Waals surface area contributed by atoms with Gasteiger partial charge in [0.1, 0.15) is 23.4 Å². The molecule has 1 saturated heterocycles. The first-order valence-electron chi connectivity index (χ1n) is 8.97. The molecular formula is C21H24FNO3. The van der Waals surface area contributed by atoms with Crippen molar-refractivity contribution < 1.29 is 18.7 Å². The number of hydrogen-bond donors (Lipinski definition) is 0. The van der Waals surface area contributed by atoms with Gasteiger partial charge in [-0.15, -0.1) is 0 Å². The molecule has 26 heavy (non-hydrogen) atoms. The van der Waals surface area contributed by atoms with E-state index in [0.29, 0.717) is 31.7 Å². The lowest BCUT2D eigenvalue weighted by Gasteiger charge is -2.32.